The lowest BCUT2D eigenvalue weighted by atomic mass is 10.4. The molecule has 0 unspecified atom stereocenters. The highest BCUT2D eigenvalue weighted by Gasteiger charge is 2.32. The Kier molecular flexibility index (Phi) is 3.83. The molecule has 78 valence electrons. The Balaban J connectivity index is 2.20. The van der Waals surface area contributed by atoms with Crippen LogP contribution in [0.3, 0.4) is 0 Å². The fraction of sp³-hybridized carbons (Fsp3) is 0.600. The van der Waals surface area contributed by atoms with Gasteiger partial charge in [0.05, 0.1) is 5.92 Å². The zero-order valence-corrected chi connectivity index (χ0v) is 8.53. The highest BCUT2D eigenvalue weighted by molar-refractivity contribution is 5.93. The van der Waals surface area contributed by atoms with E-state index in [2.05, 4.69) is 4.74 Å². The minimum absolute atomic E-state index is 0.0267. The van der Waals surface area contributed by atoms with E-state index in [-0.39, 0.29) is 11.9 Å². The van der Waals surface area contributed by atoms with E-state index in [9.17, 15) is 9.59 Å². The van der Waals surface area contributed by atoms with E-state index in [0.29, 0.717) is 6.54 Å². The Hall–Kier alpha value is -1.16. The SMILES string of the molecule is CN(C)CC=CC(=O)OC(=O)C1CC1. The molecule has 0 aliphatic heterocycles. The first-order valence-electron chi connectivity index (χ1n) is 4.66. The molecule has 0 spiro atoms. The molecule has 0 bridgehead atoms. The van der Waals surface area contributed by atoms with Gasteiger partial charge >= 0.3 is 11.9 Å². The van der Waals surface area contributed by atoms with Crippen molar-refractivity contribution >= 4 is 11.9 Å². The van der Waals surface area contributed by atoms with Crippen molar-refractivity contribution < 1.29 is 14.3 Å². The second kappa shape index (κ2) is 4.91. The Morgan fingerprint density at radius 1 is 1.43 bits per heavy atom. The summed E-state index contributed by atoms with van der Waals surface area (Å²) in [5.41, 5.74) is 0. The third-order valence-corrected chi connectivity index (χ3v) is 1.84. The van der Waals surface area contributed by atoms with Gasteiger partial charge in [-0.25, -0.2) is 4.79 Å². The number of nitrogens with zero attached hydrogens (tertiary/aromatic N) is 1. The van der Waals surface area contributed by atoms with Crippen LogP contribution >= 0.6 is 0 Å². The molecule has 1 fully saturated rings. The summed E-state index contributed by atoms with van der Waals surface area (Å²) in [6.07, 6.45) is 4.67. The fourth-order valence-electron chi connectivity index (χ4n) is 0.895. The van der Waals surface area contributed by atoms with Gasteiger partial charge in [0.15, 0.2) is 0 Å². The monoisotopic (exact) mass is 197 g/mol. The number of carbonyl (C=O) groups excluding carboxylic acids is 2. The van der Waals surface area contributed by atoms with Gasteiger partial charge in [-0.2, -0.15) is 0 Å². The van der Waals surface area contributed by atoms with Crippen molar-refractivity contribution in [1.29, 1.82) is 0 Å². The normalized spacial score (nSPS) is 16.2. The second-order valence-corrected chi connectivity index (χ2v) is 3.68. The molecule has 0 amide bonds. The molecular weight excluding hydrogens is 182 g/mol. The largest absolute Gasteiger partial charge is 0.390 e. The van der Waals surface area contributed by atoms with E-state index in [1.807, 2.05) is 19.0 Å². The van der Waals surface area contributed by atoms with Crippen LogP contribution in [-0.2, 0) is 14.3 Å². The van der Waals surface area contributed by atoms with E-state index in [4.69, 9.17) is 0 Å². The molecule has 1 aliphatic rings. The number of esters is 2. The van der Waals surface area contributed by atoms with Gasteiger partial charge in [0.1, 0.15) is 0 Å². The number of rotatable bonds is 4. The maximum atomic E-state index is 11.0. The number of ether oxygens (including phenoxy) is 1. The quantitative estimate of drug-likeness (QED) is 0.376. The molecule has 1 rings (SSSR count). The molecule has 0 N–H and O–H groups in total. The molecule has 4 nitrogen and oxygen atoms in total. The Morgan fingerprint density at radius 3 is 2.57 bits per heavy atom. The summed E-state index contributed by atoms with van der Waals surface area (Å²) >= 11 is 0. The molecule has 1 saturated carbocycles. The van der Waals surface area contributed by atoms with Crippen LogP contribution in [0, 0.1) is 5.92 Å². The van der Waals surface area contributed by atoms with Gasteiger partial charge in [0.2, 0.25) is 0 Å². The highest BCUT2D eigenvalue weighted by Crippen LogP contribution is 2.30. The van der Waals surface area contributed by atoms with Crippen LogP contribution < -0.4 is 0 Å². The van der Waals surface area contributed by atoms with Gasteiger partial charge in [-0.1, -0.05) is 6.08 Å². The van der Waals surface area contributed by atoms with Crippen molar-refractivity contribution in [2.45, 2.75) is 12.8 Å². The first-order valence-corrected chi connectivity index (χ1v) is 4.66. The van der Waals surface area contributed by atoms with E-state index >= 15 is 0 Å². The maximum absolute atomic E-state index is 11.0. The summed E-state index contributed by atoms with van der Waals surface area (Å²) in [5, 5.41) is 0. The van der Waals surface area contributed by atoms with E-state index in [1.54, 1.807) is 6.08 Å². The standard InChI is InChI=1S/C10H15NO3/c1-11(2)7-3-4-9(12)14-10(13)8-5-6-8/h3-4,8H,5-7H2,1-2H3. The summed E-state index contributed by atoms with van der Waals surface area (Å²) in [7, 11) is 3.79. The van der Waals surface area contributed by atoms with Gasteiger partial charge in [-0.15, -0.1) is 0 Å². The minimum Gasteiger partial charge on any atom is -0.390 e. The topological polar surface area (TPSA) is 46.6 Å². The summed E-state index contributed by atoms with van der Waals surface area (Å²) < 4.78 is 4.57. The Labute approximate surface area is 83.5 Å². The van der Waals surface area contributed by atoms with Crippen LogP contribution in [0.5, 0.6) is 0 Å². The maximum Gasteiger partial charge on any atom is 0.338 e. The summed E-state index contributed by atoms with van der Waals surface area (Å²) in [4.78, 5) is 24.0. The summed E-state index contributed by atoms with van der Waals surface area (Å²) in [6.45, 7) is 0.659. The number of hydrogen-bond donors (Lipinski definition) is 0. The lowest BCUT2D eigenvalue weighted by Gasteiger charge is -2.03. The number of carbonyl (C=O) groups is 2. The van der Waals surface area contributed by atoms with Crippen molar-refractivity contribution in [3.63, 3.8) is 0 Å². The first kappa shape index (κ1) is 10.9. The lowest BCUT2D eigenvalue weighted by molar-refractivity contribution is -0.157. The summed E-state index contributed by atoms with van der Waals surface area (Å²) in [6, 6.07) is 0. The van der Waals surface area contributed by atoms with Crippen molar-refractivity contribution in [3.8, 4) is 0 Å². The van der Waals surface area contributed by atoms with Crippen LogP contribution in [0.15, 0.2) is 12.2 Å². The molecule has 4 heteroatoms. The molecule has 1 aliphatic carbocycles. The van der Waals surface area contributed by atoms with Gasteiger partial charge < -0.3 is 9.64 Å². The third kappa shape index (κ3) is 4.18. The fourth-order valence-corrected chi connectivity index (χ4v) is 0.895. The molecule has 14 heavy (non-hydrogen) atoms. The predicted octanol–water partition coefficient (Wildman–Crippen LogP) is 0.584. The molecule has 0 aromatic rings. The van der Waals surface area contributed by atoms with Crippen LogP contribution in [0.25, 0.3) is 0 Å². The number of hydrogen-bond acceptors (Lipinski definition) is 4. The lowest BCUT2D eigenvalue weighted by Crippen LogP contribution is -2.13. The van der Waals surface area contributed by atoms with Crippen molar-refractivity contribution in [2.75, 3.05) is 20.6 Å². The molecule has 0 atom stereocenters. The van der Waals surface area contributed by atoms with Gasteiger partial charge in [-0.3, -0.25) is 4.79 Å². The Bertz CT molecular complexity index is 254. The van der Waals surface area contributed by atoms with Crippen LogP contribution in [0.2, 0.25) is 0 Å². The molecule has 0 saturated heterocycles. The van der Waals surface area contributed by atoms with Crippen molar-refractivity contribution in [3.05, 3.63) is 12.2 Å². The zero-order chi connectivity index (χ0) is 10.6. The molecule has 0 aromatic heterocycles. The zero-order valence-electron chi connectivity index (χ0n) is 8.53. The first-order chi connectivity index (χ1) is 6.59. The second-order valence-electron chi connectivity index (χ2n) is 3.68. The van der Waals surface area contributed by atoms with Crippen LogP contribution in [0.1, 0.15) is 12.8 Å². The van der Waals surface area contributed by atoms with E-state index in [1.165, 1.54) is 6.08 Å². The van der Waals surface area contributed by atoms with Gasteiger partial charge in [-0.05, 0) is 26.9 Å². The smallest absolute Gasteiger partial charge is 0.338 e. The third-order valence-electron chi connectivity index (χ3n) is 1.84. The molecule has 0 radical (unpaired) electrons. The van der Waals surface area contributed by atoms with Crippen LogP contribution in [-0.4, -0.2) is 37.5 Å². The van der Waals surface area contributed by atoms with Crippen molar-refractivity contribution in [1.82, 2.24) is 4.90 Å². The Morgan fingerprint density at radius 2 is 2.07 bits per heavy atom. The van der Waals surface area contributed by atoms with E-state index in [0.717, 1.165) is 12.8 Å². The molecular formula is C10H15NO3. The summed E-state index contributed by atoms with van der Waals surface area (Å²) in [5.74, 6) is -0.977. The van der Waals surface area contributed by atoms with E-state index < -0.39 is 5.97 Å². The minimum atomic E-state index is -0.566. The molecule has 0 heterocycles. The average molecular weight is 197 g/mol. The predicted molar refractivity (Wildman–Crippen MR) is 51.5 cm³/mol. The van der Waals surface area contributed by atoms with Gasteiger partial charge in [0, 0.05) is 12.6 Å². The highest BCUT2D eigenvalue weighted by atomic mass is 16.6. The van der Waals surface area contributed by atoms with Crippen molar-refractivity contribution in [2.24, 2.45) is 5.92 Å². The van der Waals surface area contributed by atoms with Gasteiger partial charge in [0.25, 0.3) is 0 Å². The van der Waals surface area contributed by atoms with Crippen LogP contribution in [0.4, 0.5) is 0 Å². The molecule has 0 aromatic carbocycles. The number of likely N-dealkylation sites (N-methyl/N-ethyl adjacent to an activating group) is 1. The average Bonchev–Trinajstić information content (AvgIpc) is 2.84.